The average Bonchev–Trinajstić information content (AvgIpc) is 3.29. The minimum Gasteiger partial charge on any atom is -0.497 e. The molecule has 2 aliphatic heterocycles. The molecule has 0 amide bonds. The first-order valence-electron chi connectivity index (χ1n) is 9.56. The number of allylic oxidation sites excluding steroid dienone is 1. The van der Waals surface area contributed by atoms with E-state index in [0.717, 1.165) is 30.1 Å². The number of carbonyl (C=O) groups is 1. The third-order valence-corrected chi connectivity index (χ3v) is 5.54. The molecule has 140 valence electrons. The van der Waals surface area contributed by atoms with Gasteiger partial charge in [0, 0.05) is 41.7 Å². The van der Waals surface area contributed by atoms with E-state index in [0.29, 0.717) is 5.56 Å². The van der Waals surface area contributed by atoms with Gasteiger partial charge >= 0.3 is 0 Å². The van der Waals surface area contributed by atoms with Crippen LogP contribution in [0.1, 0.15) is 48.2 Å². The lowest BCUT2D eigenvalue weighted by Gasteiger charge is -2.20. The summed E-state index contributed by atoms with van der Waals surface area (Å²) in [6.45, 7) is 6.45. The first-order chi connectivity index (χ1) is 13.0. The molecule has 0 radical (unpaired) electrons. The molecule has 1 fully saturated rings. The number of rotatable bonds is 4. The van der Waals surface area contributed by atoms with Gasteiger partial charge in [-0.05, 0) is 68.7 Å². The van der Waals surface area contributed by atoms with E-state index in [-0.39, 0.29) is 11.3 Å². The fraction of sp³-hybridized carbons (Fsp3) is 0.348. The molecule has 1 N–H and O–H groups in total. The van der Waals surface area contributed by atoms with E-state index in [1.165, 1.54) is 24.1 Å². The summed E-state index contributed by atoms with van der Waals surface area (Å²) in [6, 6.07) is 14.0. The maximum Gasteiger partial charge on any atom is 0.187 e. The molecule has 2 heterocycles. The number of fused-ring (bicyclic) bond motifs is 1. The summed E-state index contributed by atoms with van der Waals surface area (Å²) in [5.74, 6) is 0.804. The SMILES string of the molecule is COc1ccc2c(c1)/C(=C/C(=O)c1ccc(N3CCCC3)cc1)NC2(C)C. The zero-order chi connectivity index (χ0) is 19.0. The van der Waals surface area contributed by atoms with Crippen LogP contribution in [0.3, 0.4) is 0 Å². The molecule has 0 aromatic heterocycles. The molecule has 2 aromatic carbocycles. The zero-order valence-corrected chi connectivity index (χ0v) is 16.2. The van der Waals surface area contributed by atoms with Crippen molar-refractivity contribution in [3.8, 4) is 5.75 Å². The highest BCUT2D eigenvalue weighted by Gasteiger charge is 2.33. The molecule has 4 nitrogen and oxygen atoms in total. The van der Waals surface area contributed by atoms with Crippen LogP contribution in [0.2, 0.25) is 0 Å². The van der Waals surface area contributed by atoms with Crippen LogP contribution in [0.4, 0.5) is 5.69 Å². The molecule has 27 heavy (non-hydrogen) atoms. The number of hydrogen-bond acceptors (Lipinski definition) is 4. The van der Waals surface area contributed by atoms with Crippen molar-refractivity contribution in [1.29, 1.82) is 0 Å². The fourth-order valence-corrected chi connectivity index (χ4v) is 4.03. The van der Waals surface area contributed by atoms with E-state index in [9.17, 15) is 4.79 Å². The number of hydrogen-bond donors (Lipinski definition) is 1. The number of nitrogens with one attached hydrogen (secondary N) is 1. The highest BCUT2D eigenvalue weighted by molar-refractivity contribution is 6.09. The molecule has 0 saturated carbocycles. The summed E-state index contributed by atoms with van der Waals surface area (Å²) in [5, 5.41) is 3.48. The molecule has 2 aromatic rings. The first kappa shape index (κ1) is 17.7. The van der Waals surface area contributed by atoms with Gasteiger partial charge in [-0.25, -0.2) is 0 Å². The summed E-state index contributed by atoms with van der Waals surface area (Å²) in [7, 11) is 1.66. The Balaban J connectivity index is 1.61. The first-order valence-corrected chi connectivity index (χ1v) is 9.56. The van der Waals surface area contributed by atoms with Crippen LogP contribution in [0.5, 0.6) is 5.75 Å². The molecule has 4 heteroatoms. The van der Waals surface area contributed by atoms with Crippen molar-refractivity contribution in [2.45, 2.75) is 32.2 Å². The molecule has 4 rings (SSSR count). The van der Waals surface area contributed by atoms with Crippen molar-refractivity contribution >= 4 is 17.2 Å². The zero-order valence-electron chi connectivity index (χ0n) is 16.2. The van der Waals surface area contributed by atoms with Crippen LogP contribution in [0.15, 0.2) is 48.5 Å². The Kier molecular flexibility index (Phi) is 4.42. The van der Waals surface area contributed by atoms with Crippen molar-refractivity contribution in [1.82, 2.24) is 5.32 Å². The van der Waals surface area contributed by atoms with Gasteiger partial charge in [0.25, 0.3) is 0 Å². The smallest absolute Gasteiger partial charge is 0.187 e. The van der Waals surface area contributed by atoms with Gasteiger partial charge in [-0.2, -0.15) is 0 Å². The van der Waals surface area contributed by atoms with E-state index < -0.39 is 0 Å². The molecule has 0 unspecified atom stereocenters. The number of anilines is 1. The Bertz CT molecular complexity index is 891. The summed E-state index contributed by atoms with van der Waals surface area (Å²) < 4.78 is 5.36. The number of ether oxygens (including phenoxy) is 1. The standard InChI is InChI=1S/C23H26N2O2/c1-23(2)20-11-10-18(27-3)14-19(20)21(24-23)15-22(26)16-6-8-17(9-7-16)25-12-4-5-13-25/h6-11,14-15,24H,4-5,12-13H2,1-3H3/b21-15-. The highest BCUT2D eigenvalue weighted by atomic mass is 16.5. The van der Waals surface area contributed by atoms with Crippen molar-refractivity contribution in [3.05, 3.63) is 65.2 Å². The van der Waals surface area contributed by atoms with Gasteiger partial charge in [-0.3, -0.25) is 4.79 Å². The van der Waals surface area contributed by atoms with E-state index in [1.54, 1.807) is 13.2 Å². The minimum absolute atomic E-state index is 0.0111. The lowest BCUT2D eigenvalue weighted by Crippen LogP contribution is -2.28. The highest BCUT2D eigenvalue weighted by Crippen LogP contribution is 2.38. The number of ketones is 1. The van der Waals surface area contributed by atoms with Gasteiger partial charge in [0.1, 0.15) is 5.75 Å². The number of benzene rings is 2. The molecular formula is C23H26N2O2. The molecule has 0 bridgehead atoms. The van der Waals surface area contributed by atoms with Crippen LogP contribution in [-0.2, 0) is 5.54 Å². The van der Waals surface area contributed by atoms with Crippen molar-refractivity contribution in [2.24, 2.45) is 0 Å². The Labute approximate surface area is 160 Å². The van der Waals surface area contributed by atoms with Gasteiger partial charge in [0.2, 0.25) is 0 Å². The van der Waals surface area contributed by atoms with Crippen LogP contribution in [0.25, 0.3) is 5.70 Å². The van der Waals surface area contributed by atoms with Crippen LogP contribution >= 0.6 is 0 Å². The Hall–Kier alpha value is -2.75. The van der Waals surface area contributed by atoms with Crippen molar-refractivity contribution in [3.63, 3.8) is 0 Å². The fourth-order valence-electron chi connectivity index (χ4n) is 4.03. The van der Waals surface area contributed by atoms with Crippen LogP contribution in [-0.4, -0.2) is 26.0 Å². The van der Waals surface area contributed by atoms with Gasteiger partial charge in [-0.1, -0.05) is 6.07 Å². The van der Waals surface area contributed by atoms with Gasteiger partial charge in [0.05, 0.1) is 12.6 Å². The minimum atomic E-state index is -0.215. The number of nitrogens with zero attached hydrogens (tertiary/aromatic N) is 1. The summed E-state index contributed by atoms with van der Waals surface area (Å²) in [5.41, 5.74) is 4.75. The maximum atomic E-state index is 12.8. The Morgan fingerprint density at radius 3 is 2.48 bits per heavy atom. The predicted molar refractivity (Wildman–Crippen MR) is 109 cm³/mol. The summed E-state index contributed by atoms with van der Waals surface area (Å²) >= 11 is 0. The van der Waals surface area contributed by atoms with E-state index in [1.807, 2.05) is 24.3 Å². The quantitative estimate of drug-likeness (QED) is 0.648. The Morgan fingerprint density at radius 1 is 1.11 bits per heavy atom. The second-order valence-electron chi connectivity index (χ2n) is 7.82. The molecule has 0 aliphatic carbocycles. The van der Waals surface area contributed by atoms with Gasteiger partial charge in [0.15, 0.2) is 5.78 Å². The lowest BCUT2D eigenvalue weighted by atomic mass is 9.94. The Morgan fingerprint density at radius 2 is 1.81 bits per heavy atom. The van der Waals surface area contributed by atoms with E-state index in [2.05, 4.69) is 42.3 Å². The summed E-state index contributed by atoms with van der Waals surface area (Å²) in [6.07, 6.45) is 4.20. The number of methoxy groups -OCH3 is 1. The topological polar surface area (TPSA) is 41.6 Å². The third-order valence-electron chi connectivity index (χ3n) is 5.54. The largest absolute Gasteiger partial charge is 0.497 e. The molecule has 0 spiro atoms. The molecule has 2 aliphatic rings. The third kappa shape index (κ3) is 3.32. The second-order valence-corrected chi connectivity index (χ2v) is 7.82. The van der Waals surface area contributed by atoms with Crippen molar-refractivity contribution in [2.75, 3.05) is 25.1 Å². The maximum absolute atomic E-state index is 12.8. The second kappa shape index (κ2) is 6.76. The van der Waals surface area contributed by atoms with Crippen LogP contribution < -0.4 is 15.0 Å². The van der Waals surface area contributed by atoms with Gasteiger partial charge in [-0.15, -0.1) is 0 Å². The van der Waals surface area contributed by atoms with E-state index in [4.69, 9.17) is 4.74 Å². The number of carbonyl (C=O) groups excluding carboxylic acids is 1. The molecule has 0 atom stereocenters. The monoisotopic (exact) mass is 362 g/mol. The van der Waals surface area contributed by atoms with E-state index >= 15 is 0 Å². The van der Waals surface area contributed by atoms with Crippen molar-refractivity contribution < 1.29 is 9.53 Å². The summed E-state index contributed by atoms with van der Waals surface area (Å²) in [4.78, 5) is 15.2. The molecular weight excluding hydrogens is 336 g/mol. The average molecular weight is 362 g/mol. The molecule has 1 saturated heterocycles. The van der Waals surface area contributed by atoms with Gasteiger partial charge < -0.3 is 15.0 Å². The normalized spacial score (nSPS) is 19.1. The lowest BCUT2D eigenvalue weighted by molar-refractivity contribution is 0.104. The predicted octanol–water partition coefficient (Wildman–Crippen LogP) is 4.36. The van der Waals surface area contributed by atoms with Crippen LogP contribution in [0, 0.1) is 0 Å².